The van der Waals surface area contributed by atoms with E-state index in [9.17, 15) is 4.79 Å². The largest absolute Gasteiger partial charge is 0.492 e. The Bertz CT molecular complexity index is 882. The fourth-order valence-electron chi connectivity index (χ4n) is 2.99. The van der Waals surface area contributed by atoms with Crippen LogP contribution in [0.4, 0.5) is 0 Å². The molecular formula is C24H24O2. The first kappa shape index (κ1) is 17.9. The number of unbranched alkanes of at least 4 members (excludes halogenated alkanes) is 1. The number of carbonyl (C=O) groups excluding carboxylic acids is 1. The first-order chi connectivity index (χ1) is 12.7. The predicted molar refractivity (Wildman–Crippen MR) is 108 cm³/mol. The summed E-state index contributed by atoms with van der Waals surface area (Å²) in [5, 5.41) is 0. The molecule has 0 unspecified atom stereocenters. The Morgan fingerprint density at radius 2 is 1.50 bits per heavy atom. The molecule has 0 saturated carbocycles. The number of rotatable bonds is 7. The van der Waals surface area contributed by atoms with Gasteiger partial charge in [0.1, 0.15) is 5.75 Å². The summed E-state index contributed by atoms with van der Waals surface area (Å²) in [6.45, 7) is 4.43. The third-order valence-corrected chi connectivity index (χ3v) is 4.42. The highest BCUT2D eigenvalue weighted by molar-refractivity contribution is 5.96. The van der Waals surface area contributed by atoms with Crippen LogP contribution in [0.15, 0.2) is 72.8 Å². The predicted octanol–water partition coefficient (Wildman–Crippen LogP) is 6.40. The van der Waals surface area contributed by atoms with Crippen molar-refractivity contribution in [1.29, 1.82) is 0 Å². The topological polar surface area (TPSA) is 26.3 Å². The van der Waals surface area contributed by atoms with Gasteiger partial charge >= 0.3 is 0 Å². The van der Waals surface area contributed by atoms with E-state index in [0.29, 0.717) is 12.2 Å². The highest BCUT2D eigenvalue weighted by atomic mass is 16.5. The van der Waals surface area contributed by atoms with Gasteiger partial charge in [0.25, 0.3) is 0 Å². The lowest BCUT2D eigenvalue weighted by atomic mass is 9.96. The molecule has 0 radical (unpaired) electrons. The lowest BCUT2D eigenvalue weighted by Crippen LogP contribution is -2.01. The molecule has 0 aliphatic rings. The van der Waals surface area contributed by atoms with Crippen molar-refractivity contribution in [2.24, 2.45) is 0 Å². The molecule has 0 heterocycles. The molecule has 0 bridgehead atoms. The fraction of sp³-hybridized carbons (Fsp3) is 0.208. The van der Waals surface area contributed by atoms with Gasteiger partial charge in [0.15, 0.2) is 5.78 Å². The Morgan fingerprint density at radius 3 is 2.19 bits per heavy atom. The normalized spacial score (nSPS) is 10.5. The van der Waals surface area contributed by atoms with E-state index in [0.717, 1.165) is 40.8 Å². The van der Waals surface area contributed by atoms with E-state index < -0.39 is 0 Å². The molecule has 0 N–H and O–H groups in total. The van der Waals surface area contributed by atoms with E-state index >= 15 is 0 Å². The number of hydrogen-bond acceptors (Lipinski definition) is 2. The maximum Gasteiger partial charge on any atom is 0.159 e. The lowest BCUT2D eigenvalue weighted by molar-refractivity contribution is 0.101. The smallest absolute Gasteiger partial charge is 0.159 e. The molecule has 0 aliphatic carbocycles. The molecule has 0 saturated heterocycles. The van der Waals surface area contributed by atoms with Crippen LogP contribution in [0.1, 0.15) is 37.0 Å². The summed E-state index contributed by atoms with van der Waals surface area (Å²) in [6, 6.07) is 24.2. The van der Waals surface area contributed by atoms with E-state index in [1.807, 2.05) is 48.5 Å². The molecule has 0 aromatic heterocycles. The molecule has 26 heavy (non-hydrogen) atoms. The highest BCUT2D eigenvalue weighted by Crippen LogP contribution is 2.39. The molecular weight excluding hydrogens is 320 g/mol. The minimum absolute atomic E-state index is 0.0690. The Hall–Kier alpha value is -2.87. The number of carbonyl (C=O) groups is 1. The molecule has 0 aliphatic heterocycles. The van der Waals surface area contributed by atoms with E-state index in [1.165, 1.54) is 0 Å². The van der Waals surface area contributed by atoms with Crippen molar-refractivity contribution < 1.29 is 9.53 Å². The molecule has 2 nitrogen and oxygen atoms in total. The van der Waals surface area contributed by atoms with E-state index in [4.69, 9.17) is 4.74 Å². The van der Waals surface area contributed by atoms with Crippen molar-refractivity contribution in [2.75, 3.05) is 6.61 Å². The SMILES string of the molecule is CCCCOc1c(-c2ccccc2)cccc1-c1cccc(C(C)=O)c1. The quantitative estimate of drug-likeness (QED) is 0.366. The Kier molecular flexibility index (Phi) is 5.85. The van der Waals surface area contributed by atoms with Crippen molar-refractivity contribution in [3.8, 4) is 28.0 Å². The average molecular weight is 344 g/mol. The number of hydrogen-bond donors (Lipinski definition) is 0. The molecule has 3 aromatic rings. The van der Waals surface area contributed by atoms with Gasteiger partial charge in [0.2, 0.25) is 0 Å². The van der Waals surface area contributed by atoms with E-state index in [1.54, 1.807) is 6.92 Å². The monoisotopic (exact) mass is 344 g/mol. The number of para-hydroxylation sites is 1. The molecule has 3 rings (SSSR count). The van der Waals surface area contributed by atoms with Crippen LogP contribution in [0.2, 0.25) is 0 Å². The minimum atomic E-state index is 0.0690. The first-order valence-corrected chi connectivity index (χ1v) is 9.13. The van der Waals surface area contributed by atoms with Crippen molar-refractivity contribution in [2.45, 2.75) is 26.7 Å². The molecule has 132 valence electrons. The van der Waals surface area contributed by atoms with Crippen LogP contribution in [0.5, 0.6) is 5.75 Å². The van der Waals surface area contributed by atoms with Gasteiger partial charge in [-0.3, -0.25) is 4.79 Å². The van der Waals surface area contributed by atoms with Crippen molar-refractivity contribution >= 4 is 5.78 Å². The maximum atomic E-state index is 11.8. The summed E-state index contributed by atoms with van der Waals surface area (Å²) < 4.78 is 6.23. The second-order valence-corrected chi connectivity index (χ2v) is 6.39. The van der Waals surface area contributed by atoms with Gasteiger partial charge in [-0.1, -0.05) is 80.1 Å². The van der Waals surface area contributed by atoms with Gasteiger partial charge in [-0.2, -0.15) is 0 Å². The summed E-state index contributed by atoms with van der Waals surface area (Å²) in [6.07, 6.45) is 2.10. The minimum Gasteiger partial charge on any atom is -0.492 e. The van der Waals surface area contributed by atoms with Gasteiger partial charge in [0.05, 0.1) is 6.61 Å². The van der Waals surface area contributed by atoms with Crippen LogP contribution < -0.4 is 4.74 Å². The molecule has 0 fully saturated rings. The van der Waals surface area contributed by atoms with E-state index in [-0.39, 0.29) is 5.78 Å². The molecule has 0 amide bonds. The third kappa shape index (κ3) is 4.02. The molecule has 0 atom stereocenters. The van der Waals surface area contributed by atoms with Gasteiger partial charge in [-0.25, -0.2) is 0 Å². The van der Waals surface area contributed by atoms with Gasteiger partial charge in [-0.05, 0) is 30.5 Å². The molecule has 0 spiro atoms. The Morgan fingerprint density at radius 1 is 0.846 bits per heavy atom. The summed E-state index contributed by atoms with van der Waals surface area (Å²) in [7, 11) is 0. The second-order valence-electron chi connectivity index (χ2n) is 6.39. The van der Waals surface area contributed by atoms with Gasteiger partial charge in [-0.15, -0.1) is 0 Å². The van der Waals surface area contributed by atoms with Crippen molar-refractivity contribution in [3.63, 3.8) is 0 Å². The molecule has 2 heteroatoms. The van der Waals surface area contributed by atoms with Crippen molar-refractivity contribution in [1.82, 2.24) is 0 Å². The zero-order valence-electron chi connectivity index (χ0n) is 15.4. The van der Waals surface area contributed by atoms with Crippen LogP contribution >= 0.6 is 0 Å². The Labute approximate surface area is 155 Å². The lowest BCUT2D eigenvalue weighted by Gasteiger charge is -2.17. The molecule has 3 aromatic carbocycles. The zero-order valence-corrected chi connectivity index (χ0v) is 15.4. The highest BCUT2D eigenvalue weighted by Gasteiger charge is 2.14. The number of Topliss-reactive ketones (excluding diaryl/α,β-unsaturated/α-hetero) is 1. The average Bonchev–Trinajstić information content (AvgIpc) is 2.69. The van der Waals surface area contributed by atoms with Crippen LogP contribution in [-0.2, 0) is 0 Å². The van der Waals surface area contributed by atoms with Crippen molar-refractivity contribution in [3.05, 3.63) is 78.4 Å². The number of ether oxygens (including phenoxy) is 1. The summed E-state index contributed by atoms with van der Waals surface area (Å²) in [5.74, 6) is 0.951. The summed E-state index contributed by atoms with van der Waals surface area (Å²) in [5.41, 5.74) is 4.94. The second kappa shape index (κ2) is 8.48. The summed E-state index contributed by atoms with van der Waals surface area (Å²) in [4.78, 5) is 11.8. The van der Waals surface area contributed by atoms with Crippen LogP contribution in [0.3, 0.4) is 0 Å². The van der Waals surface area contributed by atoms with E-state index in [2.05, 4.69) is 31.2 Å². The fourth-order valence-corrected chi connectivity index (χ4v) is 2.99. The van der Waals surface area contributed by atoms with Crippen LogP contribution in [0.25, 0.3) is 22.3 Å². The first-order valence-electron chi connectivity index (χ1n) is 9.13. The number of benzene rings is 3. The van der Waals surface area contributed by atoms with Gasteiger partial charge in [0, 0.05) is 16.7 Å². The van der Waals surface area contributed by atoms with Crippen LogP contribution in [-0.4, -0.2) is 12.4 Å². The standard InChI is InChI=1S/C24H24O2/c1-3-4-16-26-24-22(19-10-6-5-7-11-19)14-9-15-23(24)21-13-8-12-20(17-21)18(2)25/h5-15,17H,3-4,16H2,1-2H3. The maximum absolute atomic E-state index is 11.8. The van der Waals surface area contributed by atoms with Crippen LogP contribution in [0, 0.1) is 0 Å². The zero-order chi connectivity index (χ0) is 18.4. The van der Waals surface area contributed by atoms with Gasteiger partial charge < -0.3 is 4.74 Å². The Balaban J connectivity index is 2.12. The third-order valence-electron chi connectivity index (χ3n) is 4.42. The summed E-state index contributed by atoms with van der Waals surface area (Å²) >= 11 is 0. The number of ketones is 1.